The van der Waals surface area contributed by atoms with E-state index in [1.807, 2.05) is 5.41 Å². The maximum atomic E-state index is 12.3. The number of carbonyl (C=O) groups is 1. The standard InChI is InChI=1S/C17H20N2O4S2/c18-25(22,23)10-3-1-9(2-4-10)14-13(20)6-5-12-15(14)11-7-8-24-16(11)17(21)19-12/h1-4,7-8,11-16,20H,5-6H2,(H,19,21)(H2,18,22,23). The number of carbonyl (C=O) groups excluding carboxylic acids is 1. The number of amides is 1. The van der Waals surface area contributed by atoms with E-state index >= 15 is 0 Å². The van der Waals surface area contributed by atoms with Crippen molar-refractivity contribution in [1.82, 2.24) is 5.32 Å². The fraction of sp³-hybridized carbons (Fsp3) is 0.471. The number of hydrogen-bond donors (Lipinski definition) is 3. The molecule has 1 saturated heterocycles. The van der Waals surface area contributed by atoms with Crippen molar-refractivity contribution < 1.29 is 18.3 Å². The molecule has 6 atom stereocenters. The molecule has 134 valence electrons. The van der Waals surface area contributed by atoms with Gasteiger partial charge in [0, 0.05) is 17.9 Å². The van der Waals surface area contributed by atoms with Gasteiger partial charge in [0.05, 0.1) is 16.2 Å². The van der Waals surface area contributed by atoms with Gasteiger partial charge in [0.25, 0.3) is 0 Å². The maximum absolute atomic E-state index is 12.3. The molecule has 2 aliphatic heterocycles. The summed E-state index contributed by atoms with van der Waals surface area (Å²) >= 11 is 1.52. The van der Waals surface area contributed by atoms with Crippen LogP contribution in [0, 0.1) is 11.8 Å². The molecule has 0 bridgehead atoms. The lowest BCUT2D eigenvalue weighted by atomic mass is 9.63. The molecule has 6 unspecified atom stereocenters. The first-order valence-corrected chi connectivity index (χ1v) is 10.8. The van der Waals surface area contributed by atoms with Gasteiger partial charge in [-0.15, -0.1) is 11.8 Å². The number of sulfonamides is 1. The molecule has 0 spiro atoms. The number of allylic oxidation sites excluding steroid dienone is 1. The van der Waals surface area contributed by atoms with Gasteiger partial charge in [0.2, 0.25) is 15.9 Å². The van der Waals surface area contributed by atoms with Crippen molar-refractivity contribution >= 4 is 27.7 Å². The van der Waals surface area contributed by atoms with Crippen LogP contribution in [0.15, 0.2) is 40.6 Å². The first-order chi connectivity index (χ1) is 11.9. The van der Waals surface area contributed by atoms with Gasteiger partial charge < -0.3 is 10.4 Å². The zero-order chi connectivity index (χ0) is 17.8. The molecule has 4 N–H and O–H groups in total. The molecule has 6 nitrogen and oxygen atoms in total. The van der Waals surface area contributed by atoms with Crippen molar-refractivity contribution in [2.75, 3.05) is 0 Å². The van der Waals surface area contributed by atoms with E-state index in [0.717, 1.165) is 12.0 Å². The second kappa shape index (κ2) is 6.12. The third kappa shape index (κ3) is 2.91. The minimum absolute atomic E-state index is 0.0309. The third-order valence-corrected chi connectivity index (χ3v) is 7.63. The fourth-order valence-corrected chi connectivity index (χ4v) is 6.08. The number of hydrogen-bond acceptors (Lipinski definition) is 5. The zero-order valence-corrected chi connectivity index (χ0v) is 15.0. The van der Waals surface area contributed by atoms with Crippen molar-refractivity contribution in [3.8, 4) is 0 Å². The number of thioether (sulfide) groups is 1. The van der Waals surface area contributed by atoms with Gasteiger partial charge in [-0.05, 0) is 41.9 Å². The first kappa shape index (κ1) is 17.1. The molecule has 1 saturated carbocycles. The highest BCUT2D eigenvalue weighted by molar-refractivity contribution is 8.03. The van der Waals surface area contributed by atoms with Gasteiger partial charge in [-0.2, -0.15) is 0 Å². The Labute approximate surface area is 150 Å². The summed E-state index contributed by atoms with van der Waals surface area (Å²) in [6.07, 6.45) is 2.92. The average molecular weight is 380 g/mol. The lowest BCUT2D eigenvalue weighted by Gasteiger charge is -2.48. The Bertz CT molecular complexity index is 822. The van der Waals surface area contributed by atoms with Gasteiger partial charge in [0.1, 0.15) is 0 Å². The monoisotopic (exact) mass is 380 g/mol. The number of rotatable bonds is 2. The van der Waals surface area contributed by atoms with Crippen molar-refractivity contribution in [3.63, 3.8) is 0 Å². The lowest BCUT2D eigenvalue weighted by molar-refractivity contribution is -0.126. The van der Waals surface area contributed by atoms with Crippen LogP contribution < -0.4 is 10.5 Å². The number of primary sulfonamides is 1. The van der Waals surface area contributed by atoms with Crippen LogP contribution in [0.3, 0.4) is 0 Å². The van der Waals surface area contributed by atoms with Crippen molar-refractivity contribution in [3.05, 3.63) is 41.3 Å². The van der Waals surface area contributed by atoms with Gasteiger partial charge in [-0.25, -0.2) is 13.6 Å². The highest BCUT2D eigenvalue weighted by atomic mass is 32.2. The summed E-state index contributed by atoms with van der Waals surface area (Å²) < 4.78 is 22.9. The normalized spacial score (nSPS) is 37.3. The molecular formula is C17H20N2O4S2. The molecule has 8 heteroatoms. The SMILES string of the molecule is NS(=O)(=O)c1ccc(C2C(O)CCC3NC(=O)C4SC=CC4C32)cc1. The summed E-state index contributed by atoms with van der Waals surface area (Å²) in [5.74, 6) is 0.102. The molecular weight excluding hydrogens is 360 g/mol. The van der Waals surface area contributed by atoms with Gasteiger partial charge in [-0.1, -0.05) is 18.2 Å². The Kier molecular flexibility index (Phi) is 4.18. The average Bonchev–Trinajstić information content (AvgIpc) is 3.05. The molecule has 1 aliphatic carbocycles. The second-order valence-electron chi connectivity index (χ2n) is 6.94. The lowest BCUT2D eigenvalue weighted by Crippen LogP contribution is -2.59. The summed E-state index contributed by atoms with van der Waals surface area (Å²) in [5.41, 5.74) is 0.884. The molecule has 4 rings (SSSR count). The smallest absolute Gasteiger partial charge is 0.238 e. The minimum atomic E-state index is -3.74. The number of benzene rings is 1. The van der Waals surface area contributed by atoms with E-state index in [4.69, 9.17) is 5.14 Å². The number of piperidine rings is 1. The van der Waals surface area contributed by atoms with Gasteiger partial charge >= 0.3 is 0 Å². The molecule has 1 amide bonds. The molecule has 0 radical (unpaired) electrons. The van der Waals surface area contributed by atoms with E-state index in [9.17, 15) is 18.3 Å². The summed E-state index contributed by atoms with van der Waals surface area (Å²) in [4.78, 5) is 12.4. The Morgan fingerprint density at radius 1 is 1.20 bits per heavy atom. The summed E-state index contributed by atoms with van der Waals surface area (Å²) in [7, 11) is -3.74. The van der Waals surface area contributed by atoms with Crippen LogP contribution in [-0.4, -0.2) is 36.8 Å². The predicted octanol–water partition coefficient (Wildman–Crippen LogP) is 0.932. The van der Waals surface area contributed by atoms with Crippen molar-refractivity contribution in [1.29, 1.82) is 0 Å². The van der Waals surface area contributed by atoms with E-state index < -0.39 is 16.1 Å². The largest absolute Gasteiger partial charge is 0.392 e. The molecule has 25 heavy (non-hydrogen) atoms. The van der Waals surface area contributed by atoms with Crippen LogP contribution in [0.1, 0.15) is 24.3 Å². The van der Waals surface area contributed by atoms with Crippen LogP contribution in [-0.2, 0) is 14.8 Å². The number of fused-ring (bicyclic) bond motifs is 3. The highest BCUT2D eigenvalue weighted by Crippen LogP contribution is 2.50. The number of nitrogens with one attached hydrogen (secondary N) is 1. The summed E-state index contributed by atoms with van der Waals surface area (Å²) in [6, 6.07) is 6.46. The molecule has 1 aromatic carbocycles. The Balaban J connectivity index is 1.71. The maximum Gasteiger partial charge on any atom is 0.238 e. The topological polar surface area (TPSA) is 109 Å². The van der Waals surface area contributed by atoms with Crippen LogP contribution >= 0.6 is 11.8 Å². The summed E-state index contributed by atoms with van der Waals surface area (Å²) in [6.45, 7) is 0. The van der Waals surface area contributed by atoms with E-state index in [1.165, 1.54) is 23.9 Å². The van der Waals surface area contributed by atoms with Crippen LogP contribution in [0.25, 0.3) is 0 Å². The molecule has 1 aromatic rings. The second-order valence-corrected chi connectivity index (χ2v) is 9.55. The third-order valence-electron chi connectivity index (χ3n) is 5.57. The van der Waals surface area contributed by atoms with E-state index in [0.29, 0.717) is 6.42 Å². The fourth-order valence-electron chi connectivity index (χ4n) is 4.47. The van der Waals surface area contributed by atoms with E-state index in [2.05, 4.69) is 11.4 Å². The molecule has 3 aliphatic rings. The Morgan fingerprint density at radius 3 is 2.60 bits per heavy atom. The minimum Gasteiger partial charge on any atom is -0.392 e. The van der Waals surface area contributed by atoms with Gasteiger partial charge in [-0.3, -0.25) is 4.79 Å². The van der Waals surface area contributed by atoms with Crippen LogP contribution in [0.5, 0.6) is 0 Å². The predicted molar refractivity (Wildman–Crippen MR) is 95.2 cm³/mol. The Morgan fingerprint density at radius 2 is 1.92 bits per heavy atom. The van der Waals surface area contributed by atoms with Crippen LogP contribution in [0.4, 0.5) is 0 Å². The molecule has 2 heterocycles. The summed E-state index contributed by atoms with van der Waals surface area (Å²) in [5, 5.41) is 20.8. The van der Waals surface area contributed by atoms with Crippen LogP contribution in [0.2, 0.25) is 0 Å². The number of aliphatic hydroxyl groups is 1. The highest BCUT2D eigenvalue weighted by Gasteiger charge is 2.51. The molecule has 2 fully saturated rings. The quantitative estimate of drug-likeness (QED) is 0.707. The zero-order valence-electron chi connectivity index (χ0n) is 13.4. The van der Waals surface area contributed by atoms with E-state index in [-0.39, 0.29) is 39.8 Å². The van der Waals surface area contributed by atoms with Crippen molar-refractivity contribution in [2.24, 2.45) is 17.0 Å². The Hall–Kier alpha value is -1.35. The van der Waals surface area contributed by atoms with E-state index in [1.54, 1.807) is 12.1 Å². The molecule has 0 aromatic heterocycles. The van der Waals surface area contributed by atoms with Gasteiger partial charge in [0.15, 0.2) is 0 Å². The number of aliphatic hydroxyl groups excluding tert-OH is 1. The first-order valence-electron chi connectivity index (χ1n) is 8.29. The van der Waals surface area contributed by atoms with Crippen molar-refractivity contribution in [2.45, 2.75) is 41.1 Å². The number of nitrogens with two attached hydrogens (primary N) is 1.